The summed E-state index contributed by atoms with van der Waals surface area (Å²) in [5.41, 5.74) is -0.388. The fourth-order valence-electron chi connectivity index (χ4n) is 1.72. The Morgan fingerprint density at radius 1 is 1.67 bits per heavy atom. The second kappa shape index (κ2) is 3.18. The quantitative estimate of drug-likeness (QED) is 0.765. The molecule has 2 N–H and O–H groups in total. The number of hydrogen-bond donors (Lipinski definition) is 2. The molecular weight excluding hydrogens is 216 g/mol. The number of halogens is 1. The second-order valence-electron chi connectivity index (χ2n) is 3.65. The molecule has 1 aromatic heterocycles. The molecule has 1 aromatic rings. The molecule has 0 aromatic carbocycles. The number of amides is 1. The minimum absolute atomic E-state index is 0.274. The van der Waals surface area contributed by atoms with Gasteiger partial charge < -0.3 is 10.4 Å². The zero-order valence-electron chi connectivity index (χ0n) is 8.47. The number of aromatic nitrogens is 1. The molecule has 2 rings (SSSR count). The van der Waals surface area contributed by atoms with Crippen LogP contribution in [0.5, 0.6) is 0 Å². The molecule has 1 aliphatic heterocycles. The largest absolute Gasteiger partial charge is 0.375 e. The van der Waals surface area contributed by atoms with Crippen LogP contribution in [0, 0.1) is 6.92 Å². The topological polar surface area (TPSA) is 62.2 Å². The maximum Gasteiger partial charge on any atom is 0.262 e. The number of carbonyl (C=O) groups excluding carboxylic acids is 1. The molecule has 80 valence electrons. The number of aryl methyl sites for hydroxylation is 1. The standard InChI is InChI=1S/C10H11ClN2O2/c1-3-10(15)6-7(11)5(2)4-12-8(6)13-9(10)14/h4,15H,3H2,1-2H3,(H,12,13,14). The SMILES string of the molecule is CCC1(O)C(=O)Nc2ncc(C)c(Cl)c21. The van der Waals surface area contributed by atoms with E-state index in [1.165, 1.54) is 0 Å². The molecule has 5 heteroatoms. The van der Waals surface area contributed by atoms with Gasteiger partial charge in [0, 0.05) is 6.20 Å². The van der Waals surface area contributed by atoms with Gasteiger partial charge in [0.05, 0.1) is 10.6 Å². The minimum atomic E-state index is -1.54. The van der Waals surface area contributed by atoms with Gasteiger partial charge in [0.2, 0.25) is 0 Å². The van der Waals surface area contributed by atoms with Crippen LogP contribution in [0.1, 0.15) is 24.5 Å². The van der Waals surface area contributed by atoms with Crippen molar-refractivity contribution in [3.05, 3.63) is 22.3 Å². The first kappa shape index (κ1) is 10.4. The number of rotatable bonds is 1. The van der Waals surface area contributed by atoms with Crippen LogP contribution in [0.4, 0.5) is 5.82 Å². The van der Waals surface area contributed by atoms with Crippen molar-refractivity contribution in [1.29, 1.82) is 0 Å². The van der Waals surface area contributed by atoms with Gasteiger partial charge in [-0.1, -0.05) is 18.5 Å². The Bertz CT molecular complexity index is 447. The van der Waals surface area contributed by atoms with E-state index in [0.29, 0.717) is 16.4 Å². The summed E-state index contributed by atoms with van der Waals surface area (Å²) in [4.78, 5) is 15.6. The molecule has 1 amide bonds. The molecule has 1 atom stereocenters. The zero-order chi connectivity index (χ0) is 11.2. The summed E-state index contributed by atoms with van der Waals surface area (Å²) in [6.45, 7) is 3.52. The molecular formula is C10H11ClN2O2. The van der Waals surface area contributed by atoms with Crippen molar-refractivity contribution in [2.24, 2.45) is 0 Å². The summed E-state index contributed by atoms with van der Waals surface area (Å²) in [5, 5.41) is 13.1. The number of aliphatic hydroxyl groups is 1. The summed E-state index contributed by atoms with van der Waals surface area (Å²) in [5.74, 6) is -0.0973. The van der Waals surface area contributed by atoms with Crippen molar-refractivity contribution in [2.45, 2.75) is 25.9 Å². The maximum atomic E-state index is 11.6. The number of hydrogen-bond acceptors (Lipinski definition) is 3. The molecule has 0 spiro atoms. The second-order valence-corrected chi connectivity index (χ2v) is 4.02. The lowest BCUT2D eigenvalue weighted by molar-refractivity contribution is -0.133. The van der Waals surface area contributed by atoms with Crippen LogP contribution in [0.2, 0.25) is 5.02 Å². The van der Waals surface area contributed by atoms with Gasteiger partial charge in [-0.3, -0.25) is 4.79 Å². The Kier molecular flexibility index (Phi) is 2.20. The smallest absolute Gasteiger partial charge is 0.262 e. The molecule has 4 nitrogen and oxygen atoms in total. The van der Waals surface area contributed by atoms with Gasteiger partial charge in [-0.05, 0) is 18.9 Å². The Labute approximate surface area is 92.3 Å². The Hall–Kier alpha value is -1.13. The molecule has 2 heterocycles. The summed E-state index contributed by atoms with van der Waals surface area (Å²) in [7, 11) is 0. The van der Waals surface area contributed by atoms with E-state index in [1.807, 2.05) is 0 Å². The first-order chi connectivity index (χ1) is 7.00. The van der Waals surface area contributed by atoms with Crippen LogP contribution in [0.25, 0.3) is 0 Å². The molecule has 0 saturated heterocycles. The minimum Gasteiger partial charge on any atom is -0.375 e. The van der Waals surface area contributed by atoms with E-state index < -0.39 is 11.5 Å². The summed E-state index contributed by atoms with van der Waals surface area (Å²) in [6.07, 6.45) is 1.85. The summed E-state index contributed by atoms with van der Waals surface area (Å²) >= 11 is 6.07. The highest BCUT2D eigenvalue weighted by atomic mass is 35.5. The van der Waals surface area contributed by atoms with Crippen LogP contribution >= 0.6 is 11.6 Å². The Morgan fingerprint density at radius 2 is 2.33 bits per heavy atom. The first-order valence-electron chi connectivity index (χ1n) is 4.70. The van der Waals surface area contributed by atoms with Gasteiger partial charge in [-0.2, -0.15) is 0 Å². The number of nitrogens with one attached hydrogen (secondary N) is 1. The lowest BCUT2D eigenvalue weighted by Gasteiger charge is -2.19. The number of pyridine rings is 1. The van der Waals surface area contributed by atoms with Gasteiger partial charge in [-0.25, -0.2) is 4.98 Å². The normalized spacial score (nSPS) is 23.9. The predicted molar refractivity (Wildman–Crippen MR) is 56.8 cm³/mol. The van der Waals surface area contributed by atoms with Crippen molar-refractivity contribution < 1.29 is 9.90 Å². The van der Waals surface area contributed by atoms with E-state index in [9.17, 15) is 9.90 Å². The number of carbonyl (C=O) groups is 1. The maximum absolute atomic E-state index is 11.6. The van der Waals surface area contributed by atoms with Crippen molar-refractivity contribution in [1.82, 2.24) is 4.98 Å². The van der Waals surface area contributed by atoms with Gasteiger partial charge in [0.15, 0.2) is 5.60 Å². The highest BCUT2D eigenvalue weighted by Gasteiger charge is 2.46. The Balaban J connectivity index is 2.71. The van der Waals surface area contributed by atoms with Gasteiger partial charge >= 0.3 is 0 Å². The monoisotopic (exact) mass is 226 g/mol. The van der Waals surface area contributed by atoms with Crippen LogP contribution in [0.3, 0.4) is 0 Å². The highest BCUT2D eigenvalue weighted by Crippen LogP contribution is 2.42. The van der Waals surface area contributed by atoms with Crippen LogP contribution in [-0.4, -0.2) is 16.0 Å². The van der Waals surface area contributed by atoms with Crippen LogP contribution in [-0.2, 0) is 10.4 Å². The van der Waals surface area contributed by atoms with E-state index in [0.717, 1.165) is 5.56 Å². The third-order valence-electron chi connectivity index (χ3n) is 2.72. The predicted octanol–water partition coefficient (Wildman–Crippen LogP) is 1.59. The summed E-state index contributed by atoms with van der Waals surface area (Å²) < 4.78 is 0. The zero-order valence-corrected chi connectivity index (χ0v) is 9.22. The fourth-order valence-corrected chi connectivity index (χ4v) is 2.01. The third kappa shape index (κ3) is 1.25. The number of anilines is 1. The lowest BCUT2D eigenvalue weighted by Crippen LogP contribution is -2.33. The van der Waals surface area contributed by atoms with Crippen LogP contribution in [0.15, 0.2) is 6.20 Å². The van der Waals surface area contributed by atoms with Crippen molar-refractivity contribution in [3.63, 3.8) is 0 Å². The van der Waals surface area contributed by atoms with Crippen LogP contribution < -0.4 is 5.32 Å². The molecule has 0 aliphatic carbocycles. The lowest BCUT2D eigenvalue weighted by atomic mass is 9.93. The highest BCUT2D eigenvalue weighted by molar-refractivity contribution is 6.33. The van der Waals surface area contributed by atoms with E-state index in [2.05, 4.69) is 10.3 Å². The number of fused-ring (bicyclic) bond motifs is 1. The van der Waals surface area contributed by atoms with Gasteiger partial charge in [0.25, 0.3) is 5.91 Å². The molecule has 0 radical (unpaired) electrons. The summed E-state index contributed by atoms with van der Waals surface area (Å²) in [6, 6.07) is 0. The molecule has 0 fully saturated rings. The van der Waals surface area contributed by atoms with Crippen molar-refractivity contribution in [2.75, 3.05) is 5.32 Å². The number of nitrogens with zero attached hydrogens (tertiary/aromatic N) is 1. The third-order valence-corrected chi connectivity index (χ3v) is 3.21. The first-order valence-corrected chi connectivity index (χ1v) is 5.08. The van der Waals surface area contributed by atoms with E-state index in [1.54, 1.807) is 20.0 Å². The van der Waals surface area contributed by atoms with E-state index >= 15 is 0 Å². The average Bonchev–Trinajstić information content (AvgIpc) is 2.47. The fraction of sp³-hybridized carbons (Fsp3) is 0.400. The van der Waals surface area contributed by atoms with Gasteiger partial charge in [0.1, 0.15) is 5.82 Å². The van der Waals surface area contributed by atoms with E-state index in [-0.39, 0.29) is 6.42 Å². The molecule has 15 heavy (non-hydrogen) atoms. The van der Waals surface area contributed by atoms with E-state index in [4.69, 9.17) is 11.6 Å². The molecule has 1 unspecified atom stereocenters. The van der Waals surface area contributed by atoms with Gasteiger partial charge in [-0.15, -0.1) is 0 Å². The van der Waals surface area contributed by atoms with Crippen molar-refractivity contribution >= 4 is 23.3 Å². The Morgan fingerprint density at radius 3 is 2.93 bits per heavy atom. The molecule has 0 saturated carbocycles. The van der Waals surface area contributed by atoms with Crippen molar-refractivity contribution in [3.8, 4) is 0 Å². The average molecular weight is 227 g/mol. The molecule has 0 bridgehead atoms. The molecule has 1 aliphatic rings.